The van der Waals surface area contributed by atoms with Gasteiger partial charge in [-0.15, -0.1) is 0 Å². The second kappa shape index (κ2) is 6.16. The molecule has 2 aromatic carbocycles. The first-order chi connectivity index (χ1) is 10.5. The Morgan fingerprint density at radius 3 is 2.73 bits per heavy atom. The van der Waals surface area contributed by atoms with E-state index in [0.29, 0.717) is 39.9 Å². The summed E-state index contributed by atoms with van der Waals surface area (Å²) in [4.78, 5) is 14.1. The van der Waals surface area contributed by atoms with Crippen LogP contribution in [0.3, 0.4) is 0 Å². The van der Waals surface area contributed by atoms with Crippen LogP contribution in [0, 0.1) is 0 Å². The van der Waals surface area contributed by atoms with Crippen LogP contribution in [0.5, 0.6) is 0 Å². The molecular weight excluding hydrogens is 323 g/mol. The summed E-state index contributed by atoms with van der Waals surface area (Å²) in [6.07, 6.45) is -0.139. The SMILES string of the molecule is O=C(Nc1cccc(Cl)c1)N1CCC(O)c2cc(Cl)ccc21. The molecule has 0 radical (unpaired) electrons. The van der Waals surface area contributed by atoms with Crippen molar-refractivity contribution in [3.63, 3.8) is 0 Å². The zero-order valence-electron chi connectivity index (χ0n) is 11.6. The summed E-state index contributed by atoms with van der Waals surface area (Å²) in [7, 11) is 0. The van der Waals surface area contributed by atoms with Gasteiger partial charge in [0.2, 0.25) is 0 Å². The van der Waals surface area contributed by atoms with Crippen LogP contribution >= 0.6 is 23.2 Å². The first-order valence-corrected chi connectivity index (χ1v) is 7.62. The number of rotatable bonds is 1. The third-order valence-corrected chi connectivity index (χ3v) is 4.06. The molecule has 3 rings (SSSR count). The van der Waals surface area contributed by atoms with E-state index in [0.717, 1.165) is 0 Å². The average Bonchev–Trinajstić information content (AvgIpc) is 2.48. The number of nitrogens with zero attached hydrogens (tertiary/aromatic N) is 1. The molecule has 1 heterocycles. The lowest BCUT2D eigenvalue weighted by atomic mass is 9.99. The number of hydrogen-bond acceptors (Lipinski definition) is 2. The molecule has 0 fully saturated rings. The van der Waals surface area contributed by atoms with E-state index in [4.69, 9.17) is 23.2 Å². The molecule has 0 saturated heterocycles. The number of carbonyl (C=O) groups excluding carboxylic acids is 1. The van der Waals surface area contributed by atoms with Gasteiger partial charge in [-0.2, -0.15) is 0 Å². The van der Waals surface area contributed by atoms with Crippen LogP contribution < -0.4 is 10.2 Å². The predicted octanol–water partition coefficient (Wildman–Crippen LogP) is 4.47. The Labute approximate surface area is 138 Å². The highest BCUT2D eigenvalue weighted by Gasteiger charge is 2.27. The molecule has 1 unspecified atom stereocenters. The molecule has 2 aromatic rings. The minimum absolute atomic E-state index is 0.266. The molecule has 0 spiro atoms. The van der Waals surface area contributed by atoms with Crippen molar-refractivity contribution in [2.75, 3.05) is 16.8 Å². The number of benzene rings is 2. The van der Waals surface area contributed by atoms with Crippen LogP contribution in [-0.2, 0) is 0 Å². The lowest BCUT2D eigenvalue weighted by molar-refractivity contribution is 0.164. The van der Waals surface area contributed by atoms with Crippen molar-refractivity contribution < 1.29 is 9.90 Å². The van der Waals surface area contributed by atoms with Crippen molar-refractivity contribution in [3.05, 3.63) is 58.1 Å². The number of hydrogen-bond donors (Lipinski definition) is 2. The second-order valence-corrected chi connectivity index (χ2v) is 5.97. The van der Waals surface area contributed by atoms with E-state index in [9.17, 15) is 9.90 Å². The topological polar surface area (TPSA) is 52.6 Å². The number of carbonyl (C=O) groups is 1. The van der Waals surface area contributed by atoms with Gasteiger partial charge in [-0.05, 0) is 42.8 Å². The maximum absolute atomic E-state index is 12.5. The molecule has 0 aliphatic carbocycles. The fourth-order valence-corrected chi connectivity index (χ4v) is 2.90. The van der Waals surface area contributed by atoms with Crippen molar-refractivity contribution in [3.8, 4) is 0 Å². The lowest BCUT2D eigenvalue weighted by Crippen LogP contribution is -2.39. The molecule has 4 nitrogen and oxygen atoms in total. The molecule has 0 saturated carbocycles. The molecule has 0 bridgehead atoms. The monoisotopic (exact) mass is 336 g/mol. The third-order valence-electron chi connectivity index (χ3n) is 3.59. The summed E-state index contributed by atoms with van der Waals surface area (Å²) in [6, 6.07) is 11.8. The smallest absolute Gasteiger partial charge is 0.326 e. The Morgan fingerprint density at radius 1 is 1.18 bits per heavy atom. The minimum Gasteiger partial charge on any atom is -0.388 e. The van der Waals surface area contributed by atoms with Crippen molar-refractivity contribution in [2.45, 2.75) is 12.5 Å². The summed E-state index contributed by atoms with van der Waals surface area (Å²) in [5.74, 6) is 0. The van der Waals surface area contributed by atoms with Crippen LogP contribution in [0.15, 0.2) is 42.5 Å². The maximum atomic E-state index is 12.5. The zero-order chi connectivity index (χ0) is 15.7. The summed E-state index contributed by atoms with van der Waals surface area (Å²) < 4.78 is 0. The maximum Gasteiger partial charge on any atom is 0.326 e. The fraction of sp³-hybridized carbons (Fsp3) is 0.188. The van der Waals surface area contributed by atoms with Crippen molar-refractivity contribution in [1.82, 2.24) is 0 Å². The molecule has 2 amide bonds. The van der Waals surface area contributed by atoms with E-state index in [2.05, 4.69) is 5.32 Å². The predicted molar refractivity (Wildman–Crippen MR) is 88.8 cm³/mol. The number of anilines is 2. The van der Waals surface area contributed by atoms with Gasteiger partial charge < -0.3 is 10.4 Å². The van der Waals surface area contributed by atoms with Gasteiger partial charge in [-0.1, -0.05) is 29.3 Å². The molecular formula is C16H14Cl2N2O2. The molecule has 0 aromatic heterocycles. The van der Waals surface area contributed by atoms with Crippen LogP contribution in [0.2, 0.25) is 10.0 Å². The van der Waals surface area contributed by atoms with E-state index < -0.39 is 6.10 Å². The van der Waals surface area contributed by atoms with Crippen LogP contribution in [0.1, 0.15) is 18.1 Å². The number of halogens is 2. The van der Waals surface area contributed by atoms with E-state index in [1.54, 1.807) is 47.4 Å². The molecule has 1 aliphatic heterocycles. The van der Waals surface area contributed by atoms with Gasteiger partial charge >= 0.3 is 6.03 Å². The van der Waals surface area contributed by atoms with E-state index in [1.807, 2.05) is 0 Å². The minimum atomic E-state index is -0.607. The quantitative estimate of drug-likeness (QED) is 0.807. The molecule has 1 aliphatic rings. The number of fused-ring (bicyclic) bond motifs is 1. The Hall–Kier alpha value is -1.75. The fourth-order valence-electron chi connectivity index (χ4n) is 2.53. The van der Waals surface area contributed by atoms with Gasteiger partial charge in [-0.25, -0.2) is 4.79 Å². The molecule has 22 heavy (non-hydrogen) atoms. The normalized spacial score (nSPS) is 17.0. The number of nitrogens with one attached hydrogen (secondary N) is 1. The van der Waals surface area contributed by atoms with Crippen molar-refractivity contribution >= 4 is 40.6 Å². The second-order valence-electron chi connectivity index (χ2n) is 5.10. The van der Waals surface area contributed by atoms with Gasteiger partial charge in [-0.3, -0.25) is 4.90 Å². The highest BCUT2D eigenvalue weighted by Crippen LogP contribution is 2.35. The Balaban J connectivity index is 1.86. The van der Waals surface area contributed by atoms with Gasteiger partial charge in [0.15, 0.2) is 0 Å². The van der Waals surface area contributed by atoms with Crippen LogP contribution in [-0.4, -0.2) is 17.7 Å². The van der Waals surface area contributed by atoms with E-state index >= 15 is 0 Å². The Bertz CT molecular complexity index is 721. The van der Waals surface area contributed by atoms with Crippen LogP contribution in [0.25, 0.3) is 0 Å². The van der Waals surface area contributed by atoms with E-state index in [-0.39, 0.29) is 6.03 Å². The highest BCUT2D eigenvalue weighted by molar-refractivity contribution is 6.31. The molecule has 6 heteroatoms. The summed E-state index contributed by atoms with van der Waals surface area (Å²) in [6.45, 7) is 0.433. The number of urea groups is 1. The van der Waals surface area contributed by atoms with Gasteiger partial charge in [0.25, 0.3) is 0 Å². The summed E-state index contributed by atoms with van der Waals surface area (Å²) in [5.41, 5.74) is 1.96. The number of aliphatic hydroxyl groups is 1. The molecule has 114 valence electrons. The van der Waals surface area contributed by atoms with Gasteiger partial charge in [0.1, 0.15) is 0 Å². The number of aliphatic hydroxyl groups excluding tert-OH is 1. The first kappa shape index (κ1) is 15.2. The Morgan fingerprint density at radius 2 is 1.95 bits per heavy atom. The summed E-state index contributed by atoms with van der Waals surface area (Å²) in [5, 5.41) is 14.0. The standard InChI is InChI=1S/C16H14Cl2N2O2/c17-10-2-1-3-12(8-10)19-16(22)20-7-6-15(21)13-9-11(18)4-5-14(13)20/h1-5,8-9,15,21H,6-7H2,(H,19,22). The van der Waals surface area contributed by atoms with Gasteiger partial charge in [0, 0.05) is 27.8 Å². The largest absolute Gasteiger partial charge is 0.388 e. The van der Waals surface area contributed by atoms with Crippen molar-refractivity contribution in [2.24, 2.45) is 0 Å². The zero-order valence-corrected chi connectivity index (χ0v) is 13.1. The summed E-state index contributed by atoms with van der Waals surface area (Å²) >= 11 is 11.9. The van der Waals surface area contributed by atoms with Gasteiger partial charge in [0.05, 0.1) is 11.8 Å². The highest BCUT2D eigenvalue weighted by atomic mass is 35.5. The van der Waals surface area contributed by atoms with Crippen molar-refractivity contribution in [1.29, 1.82) is 0 Å². The number of amides is 2. The third kappa shape index (κ3) is 3.04. The lowest BCUT2D eigenvalue weighted by Gasteiger charge is -2.32. The molecule has 1 atom stereocenters. The van der Waals surface area contributed by atoms with E-state index in [1.165, 1.54) is 0 Å². The first-order valence-electron chi connectivity index (χ1n) is 6.86. The van der Waals surface area contributed by atoms with Crippen LogP contribution in [0.4, 0.5) is 16.2 Å². The average molecular weight is 337 g/mol. The Kier molecular flexibility index (Phi) is 4.25. The molecule has 2 N–H and O–H groups in total.